The van der Waals surface area contributed by atoms with E-state index in [0.29, 0.717) is 0 Å². The molecule has 4 heteroatoms. The third-order valence-electron chi connectivity index (χ3n) is 2.84. The van der Waals surface area contributed by atoms with E-state index in [0.717, 1.165) is 18.1 Å². The summed E-state index contributed by atoms with van der Waals surface area (Å²) >= 11 is 0. The van der Waals surface area contributed by atoms with E-state index in [-0.39, 0.29) is 11.6 Å². The molecule has 1 atom stereocenters. The minimum absolute atomic E-state index is 0.129. The highest BCUT2D eigenvalue weighted by atomic mass is 19.2. The first-order chi connectivity index (χ1) is 7.46. The zero-order valence-electron chi connectivity index (χ0n) is 10.9. The Labute approximate surface area is 98.2 Å². The lowest BCUT2D eigenvalue weighted by molar-refractivity contribution is -0.0559. The number of halogens is 1. The molecule has 0 N–H and O–H groups in total. The Morgan fingerprint density at radius 3 is 2.50 bits per heavy atom. The maximum atomic E-state index is 13.6. The average Bonchev–Trinajstić information content (AvgIpc) is 2.54. The minimum atomic E-state index is -0.255. The molecule has 1 aliphatic heterocycles. The molecule has 0 saturated heterocycles. The minimum Gasteiger partial charge on any atom is -0.270 e. The summed E-state index contributed by atoms with van der Waals surface area (Å²) in [5, 5.41) is 6.71. The van der Waals surface area contributed by atoms with Crippen LogP contribution in [0.3, 0.4) is 0 Å². The number of nitrogens with zero attached hydrogens (tertiary/aromatic N) is 3. The molecule has 0 fully saturated rings. The van der Waals surface area contributed by atoms with Crippen LogP contribution in [0.15, 0.2) is 5.10 Å². The number of unbranched alkanes of at least 4 members (excludes halogenated alkanes) is 3. The van der Waals surface area contributed by atoms with Crippen LogP contribution >= 0.6 is 0 Å². The van der Waals surface area contributed by atoms with Gasteiger partial charge in [-0.1, -0.05) is 51.4 Å². The predicted molar refractivity (Wildman–Crippen MR) is 65.5 cm³/mol. The molecule has 94 valence electrons. The Morgan fingerprint density at radius 1 is 1.25 bits per heavy atom. The lowest BCUT2D eigenvalue weighted by atomic mass is 9.92. The molecule has 0 radical (unpaired) electrons. The van der Waals surface area contributed by atoms with Gasteiger partial charge in [0.05, 0.1) is 0 Å². The van der Waals surface area contributed by atoms with Crippen molar-refractivity contribution in [3.63, 3.8) is 0 Å². The van der Waals surface area contributed by atoms with Crippen LogP contribution in [0.4, 0.5) is 4.48 Å². The van der Waals surface area contributed by atoms with Crippen LogP contribution in [0.5, 0.6) is 0 Å². The second-order valence-corrected chi connectivity index (χ2v) is 5.54. The molecule has 0 bridgehead atoms. The Balaban J connectivity index is 2.43. The van der Waals surface area contributed by atoms with Crippen molar-refractivity contribution < 1.29 is 4.48 Å². The van der Waals surface area contributed by atoms with E-state index < -0.39 is 0 Å². The molecule has 1 aliphatic rings. The molecule has 1 heterocycles. The van der Waals surface area contributed by atoms with E-state index in [9.17, 15) is 4.48 Å². The van der Waals surface area contributed by atoms with Gasteiger partial charge >= 0.3 is 0 Å². The predicted octanol–water partition coefficient (Wildman–Crippen LogP) is 3.38. The Bertz CT molecular complexity index is 235. The highest BCUT2D eigenvalue weighted by Crippen LogP contribution is 2.30. The van der Waals surface area contributed by atoms with E-state index >= 15 is 0 Å². The van der Waals surface area contributed by atoms with Crippen LogP contribution in [0, 0.1) is 5.41 Å². The van der Waals surface area contributed by atoms with Gasteiger partial charge in [-0.2, -0.15) is 10.2 Å². The van der Waals surface area contributed by atoms with Crippen molar-refractivity contribution >= 4 is 6.34 Å². The number of hydrogen-bond donors (Lipinski definition) is 0. The lowest BCUT2D eigenvalue weighted by Crippen LogP contribution is -2.45. The first kappa shape index (κ1) is 13.3. The zero-order valence-corrected chi connectivity index (χ0v) is 10.9. The Hall–Kier alpha value is -0.800. The maximum absolute atomic E-state index is 13.6. The fraction of sp³-hybridized carbons (Fsp3) is 0.917. The molecule has 0 saturated carbocycles. The third kappa shape index (κ3) is 3.35. The van der Waals surface area contributed by atoms with Crippen molar-refractivity contribution in [2.24, 2.45) is 10.5 Å². The van der Waals surface area contributed by atoms with Gasteiger partial charge in [0, 0.05) is 12.0 Å². The Morgan fingerprint density at radius 2 is 1.94 bits per heavy atom. The van der Waals surface area contributed by atoms with Gasteiger partial charge in [-0.05, 0) is 6.42 Å². The number of hydrazone groups is 1. The summed E-state index contributed by atoms with van der Waals surface area (Å²) in [6, 6.07) is 0. The van der Waals surface area contributed by atoms with Gasteiger partial charge in [0.2, 0.25) is 0 Å². The van der Waals surface area contributed by atoms with Crippen molar-refractivity contribution in [1.29, 1.82) is 0 Å². The van der Waals surface area contributed by atoms with E-state index in [4.69, 9.17) is 0 Å². The van der Waals surface area contributed by atoms with E-state index in [1.165, 1.54) is 25.6 Å². The van der Waals surface area contributed by atoms with Crippen LogP contribution in [-0.4, -0.2) is 29.2 Å². The summed E-state index contributed by atoms with van der Waals surface area (Å²) < 4.78 is 13.6. The normalized spacial score (nSPS) is 20.9. The van der Waals surface area contributed by atoms with Gasteiger partial charge in [-0.3, -0.25) is 5.01 Å². The fourth-order valence-electron chi connectivity index (χ4n) is 2.07. The highest BCUT2D eigenvalue weighted by molar-refractivity contribution is 5.55. The monoisotopic (exact) mass is 229 g/mol. The molecular weight excluding hydrogens is 205 g/mol. The summed E-state index contributed by atoms with van der Waals surface area (Å²) in [6.07, 6.45) is 5.79. The molecule has 1 unspecified atom stereocenters. The van der Waals surface area contributed by atoms with Crippen molar-refractivity contribution in [1.82, 2.24) is 10.1 Å². The van der Waals surface area contributed by atoms with Crippen LogP contribution in [0.1, 0.15) is 53.4 Å². The number of rotatable bonds is 5. The van der Waals surface area contributed by atoms with E-state index in [1.54, 1.807) is 0 Å². The van der Waals surface area contributed by atoms with Gasteiger partial charge in [0.25, 0.3) is 0 Å². The molecule has 0 aliphatic carbocycles. The first-order valence-corrected chi connectivity index (χ1v) is 6.21. The van der Waals surface area contributed by atoms with Crippen molar-refractivity contribution in [3.05, 3.63) is 0 Å². The lowest BCUT2D eigenvalue weighted by Gasteiger charge is -2.35. The molecule has 16 heavy (non-hydrogen) atoms. The largest absolute Gasteiger partial charge is 0.270 e. The van der Waals surface area contributed by atoms with Crippen molar-refractivity contribution in [2.45, 2.75) is 59.5 Å². The summed E-state index contributed by atoms with van der Waals surface area (Å²) in [7, 11) is 0. The molecule has 0 aromatic carbocycles. The van der Waals surface area contributed by atoms with Crippen LogP contribution in [0.2, 0.25) is 0 Å². The third-order valence-corrected chi connectivity index (χ3v) is 2.84. The molecule has 1 rings (SSSR count). The summed E-state index contributed by atoms with van der Waals surface area (Å²) in [5.74, 6) is 0. The van der Waals surface area contributed by atoms with Gasteiger partial charge in [-0.25, -0.2) is 0 Å². The quantitative estimate of drug-likeness (QED) is 0.531. The molecular formula is C12H24FN3. The van der Waals surface area contributed by atoms with Crippen LogP contribution in [-0.2, 0) is 0 Å². The Kier molecular flexibility index (Phi) is 4.56. The molecule has 0 aromatic heterocycles. The summed E-state index contributed by atoms with van der Waals surface area (Å²) in [5.41, 5.74) is -0.129. The van der Waals surface area contributed by atoms with Crippen molar-refractivity contribution in [3.8, 4) is 0 Å². The van der Waals surface area contributed by atoms with E-state index in [2.05, 4.69) is 12.0 Å². The smallest absolute Gasteiger partial charge is 0.154 e. The standard InChI is InChI=1S/C12H24FN3/c1-5-6-7-8-9-16-11(12(2,3)4)15(13)10-14-16/h10-11H,5-9H2,1-4H3. The van der Waals surface area contributed by atoms with Crippen molar-refractivity contribution in [2.75, 3.05) is 6.54 Å². The topological polar surface area (TPSA) is 18.8 Å². The second-order valence-electron chi connectivity index (χ2n) is 5.54. The van der Waals surface area contributed by atoms with Gasteiger partial charge in [0.15, 0.2) is 6.17 Å². The SMILES string of the molecule is CCCCCCN1N=CN(F)C1C(C)(C)C. The zero-order chi connectivity index (χ0) is 12.2. The van der Waals surface area contributed by atoms with Crippen LogP contribution in [0.25, 0.3) is 0 Å². The second kappa shape index (κ2) is 5.51. The molecule has 3 nitrogen and oxygen atoms in total. The van der Waals surface area contributed by atoms with E-state index in [1.807, 2.05) is 25.8 Å². The fourth-order valence-corrected chi connectivity index (χ4v) is 2.07. The number of hydrogen-bond acceptors (Lipinski definition) is 3. The first-order valence-electron chi connectivity index (χ1n) is 6.21. The molecule has 0 aromatic rings. The maximum Gasteiger partial charge on any atom is 0.154 e. The highest BCUT2D eigenvalue weighted by Gasteiger charge is 2.38. The summed E-state index contributed by atoms with van der Waals surface area (Å²) in [6.45, 7) is 9.15. The molecule has 0 spiro atoms. The van der Waals surface area contributed by atoms with Gasteiger partial charge in [-0.15, -0.1) is 0 Å². The van der Waals surface area contributed by atoms with Gasteiger partial charge in [0.1, 0.15) is 6.34 Å². The van der Waals surface area contributed by atoms with Gasteiger partial charge < -0.3 is 0 Å². The van der Waals surface area contributed by atoms with Crippen LogP contribution < -0.4 is 0 Å². The molecule has 0 amide bonds. The average molecular weight is 229 g/mol. The summed E-state index contributed by atoms with van der Waals surface area (Å²) in [4.78, 5) is 0.